The number of carbonyl (C=O) groups is 1. The lowest BCUT2D eigenvalue weighted by Gasteiger charge is -2.10. The van der Waals surface area contributed by atoms with Crippen molar-refractivity contribution in [2.75, 3.05) is 5.32 Å². The molecular formula is C18H11BrCl2N2O2. The second kappa shape index (κ2) is 6.16. The summed E-state index contributed by atoms with van der Waals surface area (Å²) in [4.78, 5) is 25.5. The number of hydrogen-bond donors (Lipinski definition) is 1. The van der Waals surface area contributed by atoms with E-state index in [0.29, 0.717) is 21.1 Å². The monoisotopic (exact) mass is 436 g/mol. The van der Waals surface area contributed by atoms with Crippen LogP contribution in [0.2, 0.25) is 10.0 Å². The van der Waals surface area contributed by atoms with E-state index < -0.39 is 5.91 Å². The number of hydrogen-bond acceptors (Lipinski definition) is 2. The fourth-order valence-electron chi connectivity index (χ4n) is 3.13. The highest BCUT2D eigenvalue weighted by Crippen LogP contribution is 2.29. The average molecular weight is 438 g/mol. The molecule has 4 rings (SSSR count). The Morgan fingerprint density at radius 3 is 2.72 bits per heavy atom. The van der Waals surface area contributed by atoms with Gasteiger partial charge >= 0.3 is 0 Å². The van der Waals surface area contributed by atoms with E-state index in [9.17, 15) is 9.59 Å². The predicted octanol–water partition coefficient (Wildman–Crippen LogP) is 4.88. The molecule has 0 radical (unpaired) electrons. The lowest BCUT2D eigenvalue weighted by molar-refractivity contribution is 0.102. The molecule has 126 valence electrons. The van der Waals surface area contributed by atoms with Crippen molar-refractivity contribution < 1.29 is 4.79 Å². The summed E-state index contributed by atoms with van der Waals surface area (Å²) in [5.74, 6) is -0.470. The van der Waals surface area contributed by atoms with Gasteiger partial charge in [-0.05, 0) is 42.3 Å². The van der Waals surface area contributed by atoms with Gasteiger partial charge in [0, 0.05) is 28.3 Å². The number of halogens is 3. The van der Waals surface area contributed by atoms with Gasteiger partial charge in [-0.25, -0.2) is 0 Å². The minimum atomic E-state index is -0.470. The highest BCUT2D eigenvalue weighted by Gasteiger charge is 2.21. The molecule has 2 aromatic carbocycles. The fourth-order valence-corrected chi connectivity index (χ4v) is 3.94. The van der Waals surface area contributed by atoms with Gasteiger partial charge in [-0.3, -0.25) is 9.59 Å². The van der Waals surface area contributed by atoms with Crippen LogP contribution < -0.4 is 10.7 Å². The third-order valence-electron chi connectivity index (χ3n) is 4.26. The van der Waals surface area contributed by atoms with Crippen LogP contribution in [-0.4, -0.2) is 10.5 Å². The van der Waals surface area contributed by atoms with Crippen molar-refractivity contribution in [3.05, 3.63) is 72.4 Å². The predicted molar refractivity (Wildman–Crippen MR) is 104 cm³/mol. The largest absolute Gasteiger partial charge is 0.346 e. The minimum Gasteiger partial charge on any atom is -0.346 e. The number of anilines is 1. The van der Waals surface area contributed by atoms with E-state index in [0.717, 1.165) is 28.5 Å². The Kier molecular flexibility index (Phi) is 4.10. The van der Waals surface area contributed by atoms with Crippen molar-refractivity contribution >= 4 is 61.6 Å². The smallest absolute Gasteiger partial charge is 0.261 e. The van der Waals surface area contributed by atoms with Crippen LogP contribution in [0, 0.1) is 0 Å². The molecular weight excluding hydrogens is 427 g/mol. The Balaban J connectivity index is 1.80. The summed E-state index contributed by atoms with van der Waals surface area (Å²) in [6.07, 6.45) is 2.47. The molecule has 0 fully saturated rings. The summed E-state index contributed by atoms with van der Waals surface area (Å²) in [5.41, 5.74) is 2.31. The zero-order valence-electron chi connectivity index (χ0n) is 12.8. The molecule has 0 saturated heterocycles. The van der Waals surface area contributed by atoms with E-state index in [1.54, 1.807) is 30.5 Å². The molecule has 4 nitrogen and oxygen atoms in total. The normalized spacial score (nSPS) is 12.6. The lowest BCUT2D eigenvalue weighted by Crippen LogP contribution is -2.23. The fraction of sp³-hybridized carbons (Fsp3) is 0.111. The summed E-state index contributed by atoms with van der Waals surface area (Å²) in [5, 5.41) is 3.99. The Bertz CT molecular complexity index is 1110. The zero-order valence-corrected chi connectivity index (χ0v) is 15.9. The number of rotatable bonds is 2. The number of aromatic nitrogens is 1. The maximum absolute atomic E-state index is 12.8. The van der Waals surface area contributed by atoms with E-state index in [2.05, 4.69) is 21.2 Å². The van der Waals surface area contributed by atoms with Crippen molar-refractivity contribution in [1.82, 2.24) is 4.57 Å². The van der Waals surface area contributed by atoms with Crippen LogP contribution in [0.25, 0.3) is 10.9 Å². The summed E-state index contributed by atoms with van der Waals surface area (Å²) >= 11 is 15.3. The minimum absolute atomic E-state index is 0.101. The van der Waals surface area contributed by atoms with Crippen molar-refractivity contribution in [3.63, 3.8) is 0 Å². The molecule has 1 aliphatic heterocycles. The Labute approximate surface area is 161 Å². The van der Waals surface area contributed by atoms with E-state index in [-0.39, 0.29) is 11.0 Å². The van der Waals surface area contributed by atoms with Crippen LogP contribution >= 0.6 is 39.1 Å². The van der Waals surface area contributed by atoms with Crippen molar-refractivity contribution in [2.24, 2.45) is 0 Å². The first kappa shape index (κ1) is 16.6. The Hall–Kier alpha value is -1.82. The van der Waals surface area contributed by atoms with Gasteiger partial charge in [0.05, 0.1) is 15.6 Å². The topological polar surface area (TPSA) is 51.1 Å². The first-order valence-electron chi connectivity index (χ1n) is 7.56. The van der Waals surface area contributed by atoms with Crippen LogP contribution in [0.4, 0.5) is 5.69 Å². The zero-order chi connectivity index (χ0) is 17.7. The molecule has 2 heterocycles. The summed E-state index contributed by atoms with van der Waals surface area (Å²) < 4.78 is 2.80. The highest BCUT2D eigenvalue weighted by atomic mass is 79.9. The van der Waals surface area contributed by atoms with Gasteiger partial charge in [0.1, 0.15) is 5.56 Å². The summed E-state index contributed by atoms with van der Waals surface area (Å²) in [6.45, 7) is 0.746. The molecule has 1 amide bonds. The number of carbonyl (C=O) groups excluding carboxylic acids is 1. The first-order valence-corrected chi connectivity index (χ1v) is 9.11. The standard InChI is InChI=1S/C18H11BrCl2N2O2/c19-10-5-9-3-4-23-8-13(17(24)12(6-10)16(9)23)18(25)22-11-1-2-14(20)15(21)7-11/h1-2,5-8H,3-4H2,(H,22,25). The van der Waals surface area contributed by atoms with Crippen LogP contribution in [0.15, 0.2) is 45.8 Å². The van der Waals surface area contributed by atoms with Crippen LogP contribution in [-0.2, 0) is 13.0 Å². The van der Waals surface area contributed by atoms with E-state index >= 15 is 0 Å². The summed E-state index contributed by atoms with van der Waals surface area (Å²) in [6, 6.07) is 8.56. The van der Waals surface area contributed by atoms with Gasteiger partial charge in [-0.15, -0.1) is 0 Å². The number of nitrogens with one attached hydrogen (secondary N) is 1. The van der Waals surface area contributed by atoms with Crippen molar-refractivity contribution in [2.45, 2.75) is 13.0 Å². The molecule has 0 spiro atoms. The van der Waals surface area contributed by atoms with Crippen molar-refractivity contribution in [1.29, 1.82) is 0 Å². The van der Waals surface area contributed by atoms with Gasteiger partial charge in [0.25, 0.3) is 5.91 Å². The number of nitrogens with zero attached hydrogens (tertiary/aromatic N) is 1. The van der Waals surface area contributed by atoms with Crippen LogP contribution in [0.1, 0.15) is 15.9 Å². The van der Waals surface area contributed by atoms with E-state index in [4.69, 9.17) is 23.2 Å². The molecule has 0 saturated carbocycles. The maximum atomic E-state index is 12.8. The van der Waals surface area contributed by atoms with Crippen LogP contribution in [0.5, 0.6) is 0 Å². The number of aryl methyl sites for hydroxylation is 2. The average Bonchev–Trinajstić information content (AvgIpc) is 2.97. The van der Waals surface area contributed by atoms with Gasteiger partial charge in [-0.1, -0.05) is 39.1 Å². The third-order valence-corrected chi connectivity index (χ3v) is 5.46. The van der Waals surface area contributed by atoms with Gasteiger partial charge in [0.15, 0.2) is 0 Å². The van der Waals surface area contributed by atoms with Gasteiger partial charge < -0.3 is 9.88 Å². The molecule has 1 N–H and O–H groups in total. The first-order chi connectivity index (χ1) is 11.9. The molecule has 7 heteroatoms. The number of amides is 1. The highest BCUT2D eigenvalue weighted by molar-refractivity contribution is 9.10. The van der Waals surface area contributed by atoms with Crippen LogP contribution in [0.3, 0.4) is 0 Å². The maximum Gasteiger partial charge on any atom is 0.261 e. The van der Waals surface area contributed by atoms with E-state index in [1.165, 1.54) is 0 Å². The lowest BCUT2D eigenvalue weighted by atomic mass is 10.1. The molecule has 0 atom stereocenters. The SMILES string of the molecule is O=C(Nc1ccc(Cl)c(Cl)c1)c1cn2c3c(cc(Br)cc3c1=O)CC2. The number of benzene rings is 2. The second-order valence-electron chi connectivity index (χ2n) is 5.86. The second-order valence-corrected chi connectivity index (χ2v) is 7.59. The Morgan fingerprint density at radius 2 is 1.96 bits per heavy atom. The van der Waals surface area contributed by atoms with Crippen molar-refractivity contribution in [3.8, 4) is 0 Å². The van der Waals surface area contributed by atoms with Gasteiger partial charge in [0.2, 0.25) is 5.43 Å². The number of pyridine rings is 1. The molecule has 0 unspecified atom stereocenters. The van der Waals surface area contributed by atoms with E-state index in [1.807, 2.05) is 10.6 Å². The quantitative estimate of drug-likeness (QED) is 0.621. The molecule has 1 aromatic heterocycles. The third kappa shape index (κ3) is 2.86. The van der Waals surface area contributed by atoms with Gasteiger partial charge in [-0.2, -0.15) is 0 Å². The summed E-state index contributed by atoms with van der Waals surface area (Å²) in [7, 11) is 0. The molecule has 1 aliphatic rings. The molecule has 0 aliphatic carbocycles. The Morgan fingerprint density at radius 1 is 1.16 bits per heavy atom. The molecule has 25 heavy (non-hydrogen) atoms. The molecule has 0 bridgehead atoms. The molecule has 3 aromatic rings.